The van der Waals surface area contributed by atoms with Gasteiger partial charge in [0.2, 0.25) is 0 Å². The molecule has 66 heavy (non-hydrogen) atoms. The summed E-state index contributed by atoms with van der Waals surface area (Å²) in [4.78, 5) is 25.5. The molecule has 0 aliphatic carbocycles. The molecule has 1 aliphatic heterocycles. The van der Waals surface area contributed by atoms with Crippen molar-refractivity contribution in [2.24, 2.45) is 0 Å². The minimum atomic E-state index is -4.60. The first-order valence-electron chi connectivity index (χ1n) is 27.2. The molecule has 0 aromatic carbocycles. The molecule has 2 unspecified atom stereocenters. The molecule has 1 rings (SSSR count). The molecule has 1 fully saturated rings. The van der Waals surface area contributed by atoms with Gasteiger partial charge in [-0.2, -0.15) is 8.42 Å². The minimum Gasteiger partial charge on any atom is -0.462 e. The van der Waals surface area contributed by atoms with Crippen molar-refractivity contribution in [2.75, 3.05) is 19.0 Å². The van der Waals surface area contributed by atoms with E-state index in [1.54, 1.807) is 0 Å². The Morgan fingerprint density at radius 3 is 1.26 bits per heavy atom. The molecule has 1 saturated heterocycles. The molecule has 0 amide bonds. The van der Waals surface area contributed by atoms with E-state index in [0.717, 1.165) is 57.8 Å². The summed E-state index contributed by atoms with van der Waals surface area (Å²) in [5.41, 5.74) is 0. The number of aliphatic hydroxyl groups is 3. The molecule has 1 aliphatic rings. The van der Waals surface area contributed by atoms with Crippen LogP contribution in [0.5, 0.6) is 0 Å². The molecule has 0 aromatic heterocycles. The van der Waals surface area contributed by atoms with Crippen LogP contribution in [0.1, 0.15) is 258 Å². The molecule has 0 saturated carbocycles. The molecule has 0 spiro atoms. The Hall–Kier alpha value is -1.61. The fourth-order valence-corrected chi connectivity index (χ4v) is 9.31. The third-order valence-corrected chi connectivity index (χ3v) is 13.6. The molecule has 6 atom stereocenters. The van der Waals surface area contributed by atoms with Crippen LogP contribution < -0.4 is 0 Å². The topological polar surface area (TPSA) is 186 Å². The molecular weight excluding hydrogens is 861 g/mol. The average molecular weight is 961 g/mol. The van der Waals surface area contributed by atoms with Crippen LogP contribution in [0.2, 0.25) is 0 Å². The number of ether oxygens (including phenoxy) is 4. The number of esters is 2. The summed E-state index contributed by atoms with van der Waals surface area (Å²) in [6.07, 6.45) is 39.7. The smallest absolute Gasteiger partial charge is 0.306 e. The number of aliphatic hydroxyl groups excluding tert-OH is 3. The zero-order valence-corrected chi connectivity index (χ0v) is 42.9. The zero-order valence-electron chi connectivity index (χ0n) is 42.1. The van der Waals surface area contributed by atoms with Crippen molar-refractivity contribution in [2.45, 2.75) is 295 Å². The lowest BCUT2D eigenvalue weighted by molar-refractivity contribution is -0.297. The van der Waals surface area contributed by atoms with Crippen molar-refractivity contribution >= 4 is 22.1 Å². The standard InChI is InChI=1S/C53H100O12S/c1-3-5-7-9-11-13-15-17-19-20-21-22-23-24-25-26-28-29-31-33-35-37-39-41-48(54)62-43-46(44-63-53-52(58)51(57)50(56)47(65-53)45-66(59,60)61)64-49(55)42-40-38-36-34-32-30-27-18-16-14-12-10-8-6-4-2/h18,27,46-47,50-53,56-58H,3-17,19-26,28-45H2,1-2H3,(H,59,60,61)/b27-18+/t46-,47-,50-,51?,52?,53+/m1/s1. The first kappa shape index (κ1) is 62.4. The van der Waals surface area contributed by atoms with Crippen LogP contribution in [0.15, 0.2) is 12.2 Å². The largest absolute Gasteiger partial charge is 0.462 e. The monoisotopic (exact) mass is 961 g/mol. The molecule has 4 N–H and O–H groups in total. The zero-order chi connectivity index (χ0) is 48.4. The highest BCUT2D eigenvalue weighted by molar-refractivity contribution is 7.85. The number of unbranched alkanes of at least 4 members (excludes halogenated alkanes) is 33. The Morgan fingerprint density at radius 2 is 0.864 bits per heavy atom. The SMILES string of the molecule is CCCCCCCC/C=C/CCCCCCCC(=O)O[C@H](COC(=O)CCCCCCCCCCCCCCCCCCCCCCCCC)CO[C@H]1O[C@H](CS(=O)(=O)O)[C@@H](O)C(O)C1O. The summed E-state index contributed by atoms with van der Waals surface area (Å²) in [6.45, 7) is 3.80. The summed E-state index contributed by atoms with van der Waals surface area (Å²) < 4.78 is 54.3. The van der Waals surface area contributed by atoms with Gasteiger partial charge in [-0.05, 0) is 38.5 Å². The van der Waals surface area contributed by atoms with E-state index in [-0.39, 0.29) is 19.4 Å². The maximum Gasteiger partial charge on any atom is 0.306 e. The number of carbonyl (C=O) groups excluding carboxylic acids is 2. The molecular formula is C53H100O12S. The maximum absolute atomic E-state index is 12.9. The number of allylic oxidation sites excluding steroid dienone is 2. The van der Waals surface area contributed by atoms with Gasteiger partial charge < -0.3 is 34.3 Å². The van der Waals surface area contributed by atoms with E-state index in [1.165, 1.54) is 161 Å². The number of rotatable bonds is 47. The second kappa shape index (κ2) is 43.4. The van der Waals surface area contributed by atoms with E-state index >= 15 is 0 Å². The minimum absolute atomic E-state index is 0.159. The molecule has 390 valence electrons. The van der Waals surface area contributed by atoms with Gasteiger partial charge in [0, 0.05) is 12.8 Å². The first-order valence-corrected chi connectivity index (χ1v) is 28.9. The van der Waals surface area contributed by atoms with Crippen molar-refractivity contribution in [1.82, 2.24) is 0 Å². The van der Waals surface area contributed by atoms with E-state index in [0.29, 0.717) is 12.8 Å². The Balaban J connectivity index is 2.30. The maximum atomic E-state index is 12.9. The highest BCUT2D eigenvalue weighted by Crippen LogP contribution is 2.24. The highest BCUT2D eigenvalue weighted by Gasteiger charge is 2.46. The number of hydrogen-bond donors (Lipinski definition) is 4. The van der Waals surface area contributed by atoms with E-state index in [4.69, 9.17) is 18.9 Å². The Labute approximate surface area is 403 Å². The van der Waals surface area contributed by atoms with E-state index < -0.39 is 71.2 Å². The Morgan fingerprint density at radius 1 is 0.500 bits per heavy atom. The van der Waals surface area contributed by atoms with Gasteiger partial charge >= 0.3 is 11.9 Å². The van der Waals surface area contributed by atoms with Crippen LogP contribution in [-0.2, 0) is 38.7 Å². The molecule has 1 heterocycles. The van der Waals surface area contributed by atoms with Crippen LogP contribution in [0.4, 0.5) is 0 Å². The van der Waals surface area contributed by atoms with Crippen LogP contribution in [0, 0.1) is 0 Å². The average Bonchev–Trinajstić information content (AvgIpc) is 3.28. The lowest BCUT2D eigenvalue weighted by Crippen LogP contribution is -2.60. The molecule has 12 nitrogen and oxygen atoms in total. The van der Waals surface area contributed by atoms with E-state index in [2.05, 4.69) is 26.0 Å². The van der Waals surface area contributed by atoms with Crippen molar-refractivity contribution in [3.05, 3.63) is 12.2 Å². The Bertz CT molecular complexity index is 1260. The van der Waals surface area contributed by atoms with Gasteiger partial charge in [-0.25, -0.2) is 0 Å². The predicted octanol–water partition coefficient (Wildman–Crippen LogP) is 12.6. The Kier molecular flexibility index (Phi) is 41.0. The third kappa shape index (κ3) is 37.3. The normalized spacial score (nSPS) is 19.4. The van der Waals surface area contributed by atoms with E-state index in [9.17, 15) is 37.9 Å². The van der Waals surface area contributed by atoms with Gasteiger partial charge in [-0.15, -0.1) is 0 Å². The lowest BCUT2D eigenvalue weighted by atomic mass is 10.00. The second-order valence-corrected chi connectivity index (χ2v) is 20.8. The van der Waals surface area contributed by atoms with Gasteiger partial charge in [-0.1, -0.05) is 219 Å². The van der Waals surface area contributed by atoms with E-state index in [1.807, 2.05) is 0 Å². The van der Waals surface area contributed by atoms with Crippen molar-refractivity contribution in [1.29, 1.82) is 0 Å². The van der Waals surface area contributed by atoms with Crippen LogP contribution >= 0.6 is 0 Å². The van der Waals surface area contributed by atoms with Gasteiger partial charge in [0.1, 0.15) is 36.8 Å². The quantitative estimate of drug-likeness (QED) is 0.0196. The molecule has 13 heteroatoms. The van der Waals surface area contributed by atoms with Gasteiger partial charge in [0.25, 0.3) is 10.1 Å². The van der Waals surface area contributed by atoms with Crippen molar-refractivity contribution in [3.8, 4) is 0 Å². The molecule has 0 radical (unpaired) electrons. The van der Waals surface area contributed by atoms with Gasteiger partial charge in [-0.3, -0.25) is 14.1 Å². The van der Waals surface area contributed by atoms with Crippen LogP contribution in [0.3, 0.4) is 0 Å². The van der Waals surface area contributed by atoms with Crippen molar-refractivity contribution in [3.63, 3.8) is 0 Å². The summed E-state index contributed by atoms with van der Waals surface area (Å²) >= 11 is 0. The predicted molar refractivity (Wildman–Crippen MR) is 266 cm³/mol. The van der Waals surface area contributed by atoms with Gasteiger partial charge in [0.15, 0.2) is 12.4 Å². The first-order chi connectivity index (χ1) is 32.0. The van der Waals surface area contributed by atoms with Crippen LogP contribution in [-0.4, -0.2) is 96.0 Å². The van der Waals surface area contributed by atoms with Crippen LogP contribution in [0.25, 0.3) is 0 Å². The summed E-state index contributed by atoms with van der Waals surface area (Å²) in [7, 11) is -4.60. The fraction of sp³-hybridized carbons (Fsp3) is 0.925. The number of hydrogen-bond acceptors (Lipinski definition) is 11. The second-order valence-electron chi connectivity index (χ2n) is 19.3. The summed E-state index contributed by atoms with van der Waals surface area (Å²) in [6, 6.07) is 0. The molecule has 0 aromatic rings. The summed E-state index contributed by atoms with van der Waals surface area (Å²) in [5.74, 6) is -1.97. The molecule has 0 bridgehead atoms. The third-order valence-electron chi connectivity index (χ3n) is 12.8. The van der Waals surface area contributed by atoms with Gasteiger partial charge in [0.05, 0.1) is 6.61 Å². The fourth-order valence-electron chi connectivity index (χ4n) is 8.62. The number of carbonyl (C=O) groups is 2. The highest BCUT2D eigenvalue weighted by atomic mass is 32.2. The summed E-state index contributed by atoms with van der Waals surface area (Å²) in [5, 5.41) is 31.0. The lowest BCUT2D eigenvalue weighted by Gasteiger charge is -2.40. The van der Waals surface area contributed by atoms with Crippen molar-refractivity contribution < 1.29 is 56.8 Å².